The number of hydrogen-bond donors (Lipinski definition) is 2. The Morgan fingerprint density at radius 2 is 2.00 bits per heavy atom. The molecule has 0 fully saturated rings. The SMILES string of the molecule is CCC(CC)(CO)NC(=O)CCSc1ccccc1F. The molecule has 0 atom stereocenters. The van der Waals surface area contributed by atoms with Gasteiger partial charge >= 0.3 is 0 Å². The van der Waals surface area contributed by atoms with Gasteiger partial charge < -0.3 is 10.4 Å². The van der Waals surface area contributed by atoms with Gasteiger partial charge in [-0.25, -0.2) is 4.39 Å². The van der Waals surface area contributed by atoms with Gasteiger partial charge in [0.05, 0.1) is 12.1 Å². The minimum atomic E-state index is -0.528. The lowest BCUT2D eigenvalue weighted by molar-refractivity contribution is -0.123. The van der Waals surface area contributed by atoms with E-state index in [1.807, 2.05) is 13.8 Å². The summed E-state index contributed by atoms with van der Waals surface area (Å²) in [6, 6.07) is 6.53. The van der Waals surface area contributed by atoms with Crippen molar-refractivity contribution in [2.24, 2.45) is 0 Å². The van der Waals surface area contributed by atoms with Gasteiger partial charge in [-0.05, 0) is 25.0 Å². The molecule has 0 bridgehead atoms. The number of carbonyl (C=O) groups is 1. The van der Waals surface area contributed by atoms with E-state index < -0.39 is 5.54 Å². The molecule has 20 heavy (non-hydrogen) atoms. The molecule has 0 saturated heterocycles. The van der Waals surface area contributed by atoms with E-state index in [4.69, 9.17) is 0 Å². The predicted octanol–water partition coefficient (Wildman–Crippen LogP) is 2.98. The van der Waals surface area contributed by atoms with E-state index in [1.165, 1.54) is 17.8 Å². The lowest BCUT2D eigenvalue weighted by Crippen LogP contribution is -2.50. The van der Waals surface area contributed by atoms with Crippen molar-refractivity contribution < 1.29 is 14.3 Å². The number of hydrogen-bond acceptors (Lipinski definition) is 3. The smallest absolute Gasteiger partial charge is 0.221 e. The number of halogens is 1. The monoisotopic (exact) mass is 299 g/mol. The van der Waals surface area contributed by atoms with Crippen LogP contribution in [0.25, 0.3) is 0 Å². The molecule has 1 amide bonds. The molecular weight excluding hydrogens is 277 g/mol. The van der Waals surface area contributed by atoms with Gasteiger partial charge in [0.2, 0.25) is 5.91 Å². The molecule has 5 heteroatoms. The van der Waals surface area contributed by atoms with E-state index in [9.17, 15) is 14.3 Å². The molecule has 3 nitrogen and oxygen atoms in total. The first-order chi connectivity index (χ1) is 9.56. The summed E-state index contributed by atoms with van der Waals surface area (Å²) in [7, 11) is 0. The fourth-order valence-electron chi connectivity index (χ4n) is 1.86. The Labute approximate surface area is 124 Å². The van der Waals surface area contributed by atoms with Crippen LogP contribution in [0.2, 0.25) is 0 Å². The summed E-state index contributed by atoms with van der Waals surface area (Å²) in [5, 5.41) is 12.3. The van der Waals surface area contributed by atoms with Crippen LogP contribution in [0.1, 0.15) is 33.1 Å². The third-order valence-corrected chi connectivity index (χ3v) is 4.53. The highest BCUT2D eigenvalue weighted by Crippen LogP contribution is 2.22. The minimum Gasteiger partial charge on any atom is -0.394 e. The molecular formula is C15H22FNO2S. The number of carbonyl (C=O) groups excluding carboxylic acids is 1. The number of benzene rings is 1. The lowest BCUT2D eigenvalue weighted by Gasteiger charge is -2.30. The fraction of sp³-hybridized carbons (Fsp3) is 0.533. The van der Waals surface area contributed by atoms with Crippen molar-refractivity contribution in [2.75, 3.05) is 12.4 Å². The molecule has 0 aliphatic heterocycles. The van der Waals surface area contributed by atoms with E-state index in [2.05, 4.69) is 5.32 Å². The number of thioether (sulfide) groups is 1. The average Bonchev–Trinajstić information content (AvgIpc) is 2.47. The van der Waals surface area contributed by atoms with Crippen molar-refractivity contribution in [1.82, 2.24) is 5.32 Å². The van der Waals surface area contributed by atoms with Gasteiger partial charge in [0.1, 0.15) is 5.82 Å². The molecule has 2 N–H and O–H groups in total. The molecule has 0 aromatic heterocycles. The Morgan fingerprint density at radius 3 is 2.55 bits per heavy atom. The number of amides is 1. The summed E-state index contributed by atoms with van der Waals surface area (Å²) >= 11 is 1.33. The Bertz CT molecular complexity index is 427. The number of nitrogens with one attached hydrogen (secondary N) is 1. The van der Waals surface area contributed by atoms with Crippen LogP contribution >= 0.6 is 11.8 Å². The summed E-state index contributed by atoms with van der Waals surface area (Å²) < 4.78 is 13.4. The quantitative estimate of drug-likeness (QED) is 0.726. The van der Waals surface area contributed by atoms with Crippen LogP contribution in [0, 0.1) is 5.82 Å². The second kappa shape index (κ2) is 8.27. The largest absolute Gasteiger partial charge is 0.394 e. The Balaban J connectivity index is 2.42. The second-order valence-corrected chi connectivity index (χ2v) is 5.86. The zero-order valence-corrected chi connectivity index (χ0v) is 12.8. The summed E-state index contributed by atoms with van der Waals surface area (Å²) in [6.45, 7) is 3.81. The topological polar surface area (TPSA) is 49.3 Å². The van der Waals surface area contributed by atoms with Crippen LogP contribution in [0.15, 0.2) is 29.2 Å². The summed E-state index contributed by atoms with van der Waals surface area (Å²) in [6.07, 6.45) is 1.68. The number of aliphatic hydroxyl groups is 1. The van der Waals surface area contributed by atoms with Crippen molar-refractivity contribution in [3.05, 3.63) is 30.1 Å². The molecule has 1 rings (SSSR count). The summed E-state index contributed by atoms with van der Waals surface area (Å²) in [5.41, 5.74) is -0.528. The molecule has 1 aromatic carbocycles. The molecule has 112 valence electrons. The van der Waals surface area contributed by atoms with Gasteiger partial charge in [-0.3, -0.25) is 4.79 Å². The van der Waals surface area contributed by atoms with Gasteiger partial charge in [0, 0.05) is 17.1 Å². The highest BCUT2D eigenvalue weighted by atomic mass is 32.2. The number of aliphatic hydroxyl groups excluding tert-OH is 1. The highest BCUT2D eigenvalue weighted by Gasteiger charge is 2.26. The van der Waals surface area contributed by atoms with Crippen LogP contribution in [0.4, 0.5) is 4.39 Å². The van der Waals surface area contributed by atoms with Crippen molar-refractivity contribution in [3.8, 4) is 0 Å². The molecule has 0 heterocycles. The maximum Gasteiger partial charge on any atom is 0.221 e. The van der Waals surface area contributed by atoms with Crippen molar-refractivity contribution in [1.29, 1.82) is 0 Å². The van der Waals surface area contributed by atoms with Crippen LogP contribution in [0.5, 0.6) is 0 Å². The zero-order valence-electron chi connectivity index (χ0n) is 12.0. The van der Waals surface area contributed by atoms with Crippen LogP contribution in [0.3, 0.4) is 0 Å². The first kappa shape index (κ1) is 17.0. The van der Waals surface area contributed by atoms with E-state index in [1.54, 1.807) is 18.2 Å². The van der Waals surface area contributed by atoms with Gasteiger partial charge in [-0.1, -0.05) is 26.0 Å². The van der Waals surface area contributed by atoms with Crippen molar-refractivity contribution >= 4 is 17.7 Å². The minimum absolute atomic E-state index is 0.0633. The zero-order chi connectivity index (χ0) is 15.0. The molecule has 0 radical (unpaired) electrons. The first-order valence-electron chi connectivity index (χ1n) is 6.86. The van der Waals surface area contributed by atoms with Crippen LogP contribution in [-0.4, -0.2) is 28.9 Å². The molecule has 0 unspecified atom stereocenters. The predicted molar refractivity (Wildman–Crippen MR) is 80.3 cm³/mol. The van der Waals surface area contributed by atoms with E-state index >= 15 is 0 Å². The van der Waals surface area contributed by atoms with Crippen molar-refractivity contribution in [3.63, 3.8) is 0 Å². The van der Waals surface area contributed by atoms with Crippen molar-refractivity contribution in [2.45, 2.75) is 43.5 Å². The van der Waals surface area contributed by atoms with Gasteiger partial charge in [-0.15, -0.1) is 11.8 Å². The molecule has 0 aliphatic carbocycles. The number of rotatable bonds is 8. The average molecular weight is 299 g/mol. The van der Waals surface area contributed by atoms with E-state index in [0.29, 0.717) is 29.9 Å². The van der Waals surface area contributed by atoms with E-state index in [0.717, 1.165) is 0 Å². The second-order valence-electron chi connectivity index (χ2n) is 4.72. The Hall–Kier alpha value is -1.07. The maximum atomic E-state index is 13.4. The fourth-order valence-corrected chi connectivity index (χ4v) is 2.75. The third-order valence-electron chi connectivity index (χ3n) is 3.48. The molecule has 0 saturated carbocycles. The lowest BCUT2D eigenvalue weighted by atomic mass is 9.94. The molecule has 0 spiro atoms. The van der Waals surface area contributed by atoms with Gasteiger partial charge in [0.25, 0.3) is 0 Å². The standard InChI is InChI=1S/C15H22FNO2S/c1-3-15(4-2,11-18)17-14(19)9-10-20-13-8-6-5-7-12(13)16/h5-8,18H,3-4,9-11H2,1-2H3,(H,17,19). The van der Waals surface area contributed by atoms with Crippen LogP contribution < -0.4 is 5.32 Å². The van der Waals surface area contributed by atoms with Gasteiger partial charge in [-0.2, -0.15) is 0 Å². The first-order valence-corrected chi connectivity index (χ1v) is 7.84. The van der Waals surface area contributed by atoms with E-state index in [-0.39, 0.29) is 18.3 Å². The molecule has 1 aromatic rings. The Morgan fingerprint density at radius 1 is 1.35 bits per heavy atom. The maximum absolute atomic E-state index is 13.4. The van der Waals surface area contributed by atoms with Crippen LogP contribution in [-0.2, 0) is 4.79 Å². The molecule has 0 aliphatic rings. The highest BCUT2D eigenvalue weighted by molar-refractivity contribution is 7.99. The summed E-state index contributed by atoms with van der Waals surface area (Å²) in [5.74, 6) is 0.151. The third kappa shape index (κ3) is 4.80. The summed E-state index contributed by atoms with van der Waals surface area (Å²) in [4.78, 5) is 12.4. The Kier molecular flexibility index (Phi) is 7.02. The van der Waals surface area contributed by atoms with Gasteiger partial charge in [0.15, 0.2) is 0 Å². The normalized spacial score (nSPS) is 11.4.